The first-order valence-corrected chi connectivity index (χ1v) is 8.32. The number of nitrogens with one attached hydrogen (secondary N) is 1. The second-order valence-corrected chi connectivity index (χ2v) is 6.09. The van der Waals surface area contributed by atoms with E-state index in [2.05, 4.69) is 52.2 Å². The van der Waals surface area contributed by atoms with E-state index < -0.39 is 0 Å². The van der Waals surface area contributed by atoms with Crippen LogP contribution >= 0.6 is 0 Å². The average molecular weight is 342 g/mol. The molecule has 0 aliphatic heterocycles. The van der Waals surface area contributed by atoms with E-state index >= 15 is 0 Å². The molecule has 2 heterocycles. The van der Waals surface area contributed by atoms with Crippen LogP contribution in [0.1, 0.15) is 34.1 Å². The first-order chi connectivity index (χ1) is 12.0. The Morgan fingerprint density at radius 3 is 2.80 bits per heavy atom. The molecule has 0 atom stereocenters. The fraction of sp³-hybridized carbons (Fsp3) is 0.444. The number of hydrogen-bond donors (Lipinski definition) is 1. The third kappa shape index (κ3) is 5.79. The topological polar surface area (TPSA) is 76.7 Å². The van der Waals surface area contributed by atoms with E-state index in [9.17, 15) is 0 Å². The molecule has 0 aromatic carbocycles. The summed E-state index contributed by atoms with van der Waals surface area (Å²) < 4.78 is 6.73. The Morgan fingerprint density at radius 2 is 2.08 bits per heavy atom. The molecule has 0 aliphatic rings. The highest BCUT2D eigenvalue weighted by atomic mass is 16.5. The summed E-state index contributed by atoms with van der Waals surface area (Å²) in [6, 6.07) is 0. The second kappa shape index (κ2) is 9.08. The number of ether oxygens (including phenoxy) is 1. The summed E-state index contributed by atoms with van der Waals surface area (Å²) in [7, 11) is 1.69. The zero-order valence-electron chi connectivity index (χ0n) is 15.6. The standard InChI is InChI=1S/C18H26N6O/c1-13(2)11-14(3)12-15(4)21-18-22-17-16(19-7-6-10-25-5)20-8-9-24(17)23-18/h8-9,11-12H,6-7,10H2,1-5H3,(H,19,20)/b14-12-,21-15?. The van der Waals surface area contributed by atoms with Gasteiger partial charge >= 0.3 is 0 Å². The second-order valence-electron chi connectivity index (χ2n) is 6.09. The summed E-state index contributed by atoms with van der Waals surface area (Å²) in [5, 5.41) is 7.65. The Bertz CT molecular complexity index is 799. The van der Waals surface area contributed by atoms with Crippen molar-refractivity contribution >= 4 is 23.1 Å². The molecule has 0 saturated carbocycles. The molecular weight excluding hydrogens is 316 g/mol. The Balaban J connectivity index is 2.20. The molecule has 134 valence electrons. The molecule has 2 aromatic heterocycles. The van der Waals surface area contributed by atoms with Crippen molar-refractivity contribution in [2.24, 2.45) is 4.99 Å². The predicted octanol–water partition coefficient (Wildman–Crippen LogP) is 3.58. The highest BCUT2D eigenvalue weighted by Gasteiger charge is 2.08. The van der Waals surface area contributed by atoms with Crippen LogP contribution < -0.4 is 5.32 Å². The van der Waals surface area contributed by atoms with Gasteiger partial charge in [-0.3, -0.25) is 0 Å². The van der Waals surface area contributed by atoms with Gasteiger partial charge in [-0.25, -0.2) is 14.5 Å². The molecule has 25 heavy (non-hydrogen) atoms. The van der Waals surface area contributed by atoms with E-state index in [0.29, 0.717) is 24.0 Å². The van der Waals surface area contributed by atoms with E-state index in [1.165, 1.54) is 5.57 Å². The maximum atomic E-state index is 5.05. The fourth-order valence-corrected chi connectivity index (χ4v) is 2.42. The maximum absolute atomic E-state index is 5.05. The van der Waals surface area contributed by atoms with Gasteiger partial charge in [0.25, 0.3) is 5.95 Å². The quantitative estimate of drug-likeness (QED) is 0.451. The first-order valence-electron chi connectivity index (χ1n) is 8.32. The summed E-state index contributed by atoms with van der Waals surface area (Å²) in [5.74, 6) is 1.12. The van der Waals surface area contributed by atoms with Crippen LogP contribution in [0.5, 0.6) is 0 Å². The maximum Gasteiger partial charge on any atom is 0.269 e. The highest BCUT2D eigenvalue weighted by molar-refractivity contribution is 5.95. The molecule has 7 heteroatoms. The Kier molecular flexibility index (Phi) is 6.82. The van der Waals surface area contributed by atoms with E-state index in [1.54, 1.807) is 24.0 Å². The van der Waals surface area contributed by atoms with Gasteiger partial charge in [0.15, 0.2) is 11.5 Å². The highest BCUT2D eigenvalue weighted by Crippen LogP contribution is 2.15. The van der Waals surface area contributed by atoms with Crippen molar-refractivity contribution in [1.29, 1.82) is 0 Å². The number of aliphatic imine (C=N–C) groups is 1. The van der Waals surface area contributed by atoms with E-state index in [1.807, 2.05) is 13.0 Å². The van der Waals surface area contributed by atoms with Gasteiger partial charge in [-0.15, -0.1) is 5.10 Å². The van der Waals surface area contributed by atoms with Crippen LogP contribution in [0.2, 0.25) is 0 Å². The molecular formula is C18H26N6O. The van der Waals surface area contributed by atoms with Gasteiger partial charge in [0.1, 0.15) is 0 Å². The molecule has 1 N–H and O–H groups in total. The molecule has 0 unspecified atom stereocenters. The number of aromatic nitrogens is 4. The molecule has 0 spiro atoms. The lowest BCUT2D eigenvalue weighted by Gasteiger charge is -2.04. The summed E-state index contributed by atoms with van der Waals surface area (Å²) in [4.78, 5) is 13.3. The van der Waals surface area contributed by atoms with Gasteiger partial charge in [-0.05, 0) is 45.8 Å². The van der Waals surface area contributed by atoms with Crippen LogP contribution in [0.15, 0.2) is 40.7 Å². The fourth-order valence-electron chi connectivity index (χ4n) is 2.42. The zero-order chi connectivity index (χ0) is 18.2. The number of anilines is 1. The molecule has 2 aromatic rings. The van der Waals surface area contributed by atoms with Crippen molar-refractivity contribution in [2.75, 3.05) is 25.6 Å². The third-order valence-electron chi connectivity index (χ3n) is 3.29. The van der Waals surface area contributed by atoms with Gasteiger partial charge in [0.2, 0.25) is 0 Å². The third-order valence-corrected chi connectivity index (χ3v) is 3.29. The van der Waals surface area contributed by atoms with Crippen molar-refractivity contribution in [2.45, 2.75) is 34.1 Å². The normalized spacial score (nSPS) is 12.5. The number of hydrogen-bond acceptors (Lipinski definition) is 6. The van der Waals surface area contributed by atoms with Crippen LogP contribution in [0.25, 0.3) is 5.65 Å². The van der Waals surface area contributed by atoms with Crippen molar-refractivity contribution in [3.8, 4) is 0 Å². The SMILES string of the molecule is COCCCNc1nccn2nc(N=C(C)/C=C(/C)C=C(C)C)nc12. The summed E-state index contributed by atoms with van der Waals surface area (Å²) in [6.07, 6.45) is 8.48. The minimum atomic E-state index is 0.423. The van der Waals surface area contributed by atoms with E-state index in [-0.39, 0.29) is 0 Å². The largest absolute Gasteiger partial charge is 0.385 e. The molecule has 7 nitrogen and oxygen atoms in total. The van der Waals surface area contributed by atoms with Gasteiger partial charge < -0.3 is 10.1 Å². The average Bonchev–Trinajstić information content (AvgIpc) is 2.93. The van der Waals surface area contributed by atoms with Gasteiger partial charge in [0, 0.05) is 38.4 Å². The number of fused-ring (bicyclic) bond motifs is 1. The van der Waals surface area contributed by atoms with Crippen molar-refractivity contribution in [1.82, 2.24) is 19.6 Å². The van der Waals surface area contributed by atoms with Gasteiger partial charge in [-0.1, -0.05) is 11.6 Å². The van der Waals surface area contributed by atoms with E-state index in [0.717, 1.165) is 24.3 Å². The molecule has 0 bridgehead atoms. The Hall–Kier alpha value is -2.54. The number of nitrogens with zero attached hydrogens (tertiary/aromatic N) is 5. The predicted molar refractivity (Wildman–Crippen MR) is 102 cm³/mol. The Labute approximate surface area is 148 Å². The minimum Gasteiger partial charge on any atom is -0.385 e. The molecule has 0 fully saturated rings. The number of rotatable bonds is 8. The summed E-state index contributed by atoms with van der Waals surface area (Å²) >= 11 is 0. The van der Waals surface area contributed by atoms with Gasteiger partial charge in [-0.2, -0.15) is 4.98 Å². The smallest absolute Gasteiger partial charge is 0.269 e. The molecule has 2 rings (SSSR count). The minimum absolute atomic E-state index is 0.423. The lowest BCUT2D eigenvalue weighted by molar-refractivity contribution is 0.198. The summed E-state index contributed by atoms with van der Waals surface area (Å²) in [6.45, 7) is 9.60. The van der Waals surface area contributed by atoms with Crippen LogP contribution in [0.4, 0.5) is 11.8 Å². The van der Waals surface area contributed by atoms with Crippen molar-refractivity contribution in [3.05, 3.63) is 35.7 Å². The zero-order valence-corrected chi connectivity index (χ0v) is 15.6. The van der Waals surface area contributed by atoms with Crippen LogP contribution in [0, 0.1) is 0 Å². The summed E-state index contributed by atoms with van der Waals surface area (Å²) in [5.41, 5.74) is 3.92. The number of methoxy groups -OCH3 is 1. The monoisotopic (exact) mass is 342 g/mol. The first kappa shape index (κ1) is 18.8. The molecule has 0 amide bonds. The van der Waals surface area contributed by atoms with Crippen LogP contribution in [-0.2, 0) is 4.74 Å². The molecule has 0 saturated heterocycles. The van der Waals surface area contributed by atoms with Crippen molar-refractivity contribution in [3.63, 3.8) is 0 Å². The molecule has 0 radical (unpaired) electrons. The van der Waals surface area contributed by atoms with Crippen molar-refractivity contribution < 1.29 is 4.74 Å². The Morgan fingerprint density at radius 1 is 1.28 bits per heavy atom. The lowest BCUT2D eigenvalue weighted by atomic mass is 10.2. The number of allylic oxidation sites excluding steroid dienone is 4. The van der Waals surface area contributed by atoms with Gasteiger partial charge in [0.05, 0.1) is 0 Å². The lowest BCUT2D eigenvalue weighted by Crippen LogP contribution is -2.07. The van der Waals surface area contributed by atoms with Crippen LogP contribution in [0.3, 0.4) is 0 Å². The van der Waals surface area contributed by atoms with E-state index in [4.69, 9.17) is 4.74 Å². The molecule has 0 aliphatic carbocycles. The van der Waals surface area contributed by atoms with Crippen LogP contribution in [-0.4, -0.2) is 45.6 Å².